The van der Waals surface area contributed by atoms with Gasteiger partial charge in [0.1, 0.15) is 42.7 Å². The van der Waals surface area contributed by atoms with Crippen molar-refractivity contribution in [3.63, 3.8) is 0 Å². The number of aliphatic hydroxyl groups is 8. The summed E-state index contributed by atoms with van der Waals surface area (Å²) in [6, 6.07) is 4.44. The van der Waals surface area contributed by atoms with E-state index < -0.39 is 68.5 Å². The fourth-order valence-electron chi connectivity index (χ4n) is 3.47. The number of hydrogen-bond donors (Lipinski definition) is 8. The second kappa shape index (κ2) is 11.2. The summed E-state index contributed by atoms with van der Waals surface area (Å²) in [5.41, 5.74) is 0.528. The van der Waals surface area contributed by atoms with E-state index in [-0.39, 0.29) is 18.1 Å². The van der Waals surface area contributed by atoms with Crippen molar-refractivity contribution in [2.75, 3.05) is 20.3 Å². The highest BCUT2D eigenvalue weighted by molar-refractivity contribution is 5.42. The highest BCUT2D eigenvalue weighted by atomic mass is 17.0. The Kier molecular flexibility index (Phi) is 8.79. The van der Waals surface area contributed by atoms with Crippen molar-refractivity contribution in [1.29, 1.82) is 0 Å². The average Bonchev–Trinajstić information content (AvgIpc) is 2.83. The molecule has 0 saturated carbocycles. The molecule has 2 saturated heterocycles. The van der Waals surface area contributed by atoms with Gasteiger partial charge >= 0.3 is 0 Å². The lowest BCUT2D eigenvalue weighted by atomic mass is 9.99. The van der Waals surface area contributed by atoms with Crippen LogP contribution < -0.4 is 9.57 Å². The molecule has 0 aliphatic carbocycles. The Hall–Kier alpha value is -1.66. The molecule has 0 amide bonds. The Labute approximate surface area is 188 Å². The van der Waals surface area contributed by atoms with Crippen molar-refractivity contribution in [1.82, 2.24) is 5.23 Å². The van der Waals surface area contributed by atoms with Gasteiger partial charge in [-0.15, -0.1) is 0 Å². The molecule has 2 fully saturated rings. The van der Waals surface area contributed by atoms with Crippen LogP contribution in [0.3, 0.4) is 0 Å². The maximum atomic E-state index is 10.6. The van der Waals surface area contributed by atoms with Gasteiger partial charge in [-0.05, 0) is 17.7 Å². The minimum Gasteiger partial charge on any atom is -0.493 e. The van der Waals surface area contributed by atoms with Gasteiger partial charge in [-0.3, -0.25) is 4.84 Å². The minimum absolute atomic E-state index is 0.0611. The molecule has 2 aliphatic heterocycles. The van der Waals surface area contributed by atoms with E-state index >= 15 is 0 Å². The lowest BCUT2D eigenvalue weighted by Crippen LogP contribution is -2.66. The molecule has 9 unspecified atom stereocenters. The summed E-state index contributed by atoms with van der Waals surface area (Å²) in [7, 11) is 1.35. The van der Waals surface area contributed by atoms with E-state index in [0.717, 1.165) is 0 Å². The second-order valence-electron chi connectivity index (χ2n) is 7.55. The first-order valence-corrected chi connectivity index (χ1v) is 10.1. The molecule has 188 valence electrons. The molecule has 0 radical (unpaired) electrons. The predicted molar refractivity (Wildman–Crippen MR) is 104 cm³/mol. The third-order valence-electron chi connectivity index (χ3n) is 5.38. The zero-order chi connectivity index (χ0) is 24.3. The van der Waals surface area contributed by atoms with E-state index in [1.54, 1.807) is 0 Å². The zero-order valence-electron chi connectivity index (χ0n) is 17.6. The van der Waals surface area contributed by atoms with Crippen LogP contribution >= 0.6 is 0 Å². The van der Waals surface area contributed by atoms with Crippen LogP contribution in [0.4, 0.5) is 0 Å². The second-order valence-corrected chi connectivity index (χ2v) is 7.55. The van der Waals surface area contributed by atoms with Crippen LogP contribution in [0.5, 0.6) is 11.5 Å². The summed E-state index contributed by atoms with van der Waals surface area (Å²) in [4.78, 5) is 10.8. The number of methoxy groups -OCH3 is 1. The first kappa shape index (κ1) is 26.0. The lowest BCUT2D eigenvalue weighted by Gasteiger charge is -2.45. The van der Waals surface area contributed by atoms with E-state index in [1.807, 2.05) is 0 Å². The maximum Gasteiger partial charge on any atom is 0.197 e. The standard InChI is InChI=1S/C19H29NO13/c1-29-10-4-8(5-21)2-3-9(10)32-20-18(28)16(27)17(12(7-23)33-20)31-19-15(26)14(25)13(24)11(6-22)30-19/h2-4,11-19,21-28H,5-7H2,1H3. The van der Waals surface area contributed by atoms with Crippen LogP contribution in [0.1, 0.15) is 5.56 Å². The Balaban J connectivity index is 1.74. The summed E-state index contributed by atoms with van der Waals surface area (Å²) in [6.07, 6.45) is -14.5. The van der Waals surface area contributed by atoms with E-state index in [1.165, 1.54) is 25.3 Å². The van der Waals surface area contributed by atoms with Gasteiger partial charge in [0, 0.05) is 5.23 Å². The normalized spacial score (nSPS) is 37.7. The Morgan fingerprint density at radius 3 is 2.18 bits per heavy atom. The molecule has 1 aromatic rings. The van der Waals surface area contributed by atoms with Gasteiger partial charge in [0.05, 0.1) is 26.9 Å². The number of hydroxylamine groups is 2. The first-order valence-electron chi connectivity index (χ1n) is 10.1. The van der Waals surface area contributed by atoms with Crippen LogP contribution in [0, 0.1) is 0 Å². The van der Waals surface area contributed by atoms with E-state index in [9.17, 15) is 40.9 Å². The molecule has 14 heteroatoms. The van der Waals surface area contributed by atoms with E-state index in [0.29, 0.717) is 10.8 Å². The summed E-state index contributed by atoms with van der Waals surface area (Å²) in [6.45, 7) is -1.67. The Morgan fingerprint density at radius 2 is 1.58 bits per heavy atom. The van der Waals surface area contributed by atoms with Crippen molar-refractivity contribution in [2.45, 2.75) is 61.9 Å². The highest BCUT2D eigenvalue weighted by Crippen LogP contribution is 2.33. The molecule has 8 N–H and O–H groups in total. The quantitative estimate of drug-likeness (QED) is 0.178. The van der Waals surface area contributed by atoms with Crippen molar-refractivity contribution in [3.8, 4) is 11.5 Å². The average molecular weight is 479 g/mol. The van der Waals surface area contributed by atoms with Crippen LogP contribution in [0.25, 0.3) is 0 Å². The lowest BCUT2D eigenvalue weighted by molar-refractivity contribution is -0.457. The Bertz CT molecular complexity index is 765. The summed E-state index contributed by atoms with van der Waals surface area (Å²) >= 11 is 0. The SMILES string of the molecule is COc1cc(CO)ccc1ON1OC(CO)C(OC2OC(CO)C(O)C(O)C2O)C(O)C1O. The van der Waals surface area contributed by atoms with E-state index in [4.69, 9.17) is 23.9 Å². The monoisotopic (exact) mass is 479 g/mol. The number of ether oxygens (including phenoxy) is 3. The Morgan fingerprint density at radius 1 is 0.879 bits per heavy atom. The minimum atomic E-state index is -1.86. The number of rotatable bonds is 8. The molecular weight excluding hydrogens is 450 g/mol. The van der Waals surface area contributed by atoms with Gasteiger partial charge in [-0.25, -0.2) is 0 Å². The third-order valence-corrected chi connectivity index (χ3v) is 5.38. The van der Waals surface area contributed by atoms with Crippen molar-refractivity contribution < 1.29 is 64.7 Å². The topological polar surface area (TPSA) is 211 Å². The number of nitrogens with zero attached hydrogens (tertiary/aromatic N) is 1. The van der Waals surface area contributed by atoms with Crippen molar-refractivity contribution in [2.24, 2.45) is 0 Å². The summed E-state index contributed by atoms with van der Waals surface area (Å²) in [5, 5.41) is 79.8. The van der Waals surface area contributed by atoms with Gasteiger partial charge in [0.2, 0.25) is 0 Å². The van der Waals surface area contributed by atoms with Crippen LogP contribution in [0.2, 0.25) is 0 Å². The zero-order valence-corrected chi connectivity index (χ0v) is 17.6. The predicted octanol–water partition coefficient (Wildman–Crippen LogP) is -4.05. The molecule has 3 rings (SSSR count). The van der Waals surface area contributed by atoms with Gasteiger partial charge in [0.15, 0.2) is 24.0 Å². The molecular formula is C19H29NO13. The molecule has 2 heterocycles. The number of benzene rings is 1. The summed E-state index contributed by atoms with van der Waals surface area (Å²) < 4.78 is 15.9. The maximum absolute atomic E-state index is 10.6. The smallest absolute Gasteiger partial charge is 0.197 e. The van der Waals surface area contributed by atoms with Gasteiger partial charge < -0.3 is 59.9 Å². The fourth-order valence-corrected chi connectivity index (χ4v) is 3.47. The molecule has 0 bridgehead atoms. The first-order chi connectivity index (χ1) is 15.7. The molecule has 14 nitrogen and oxygen atoms in total. The van der Waals surface area contributed by atoms with Crippen LogP contribution in [-0.4, -0.2) is 122 Å². The van der Waals surface area contributed by atoms with Gasteiger partial charge in [0.25, 0.3) is 0 Å². The van der Waals surface area contributed by atoms with Gasteiger partial charge in [-0.2, -0.15) is 0 Å². The van der Waals surface area contributed by atoms with Crippen LogP contribution in [-0.2, 0) is 20.9 Å². The summed E-state index contributed by atoms with van der Waals surface area (Å²) in [5.74, 6) is 0.248. The molecule has 0 aromatic heterocycles. The number of aliphatic hydroxyl groups excluding tert-OH is 8. The molecule has 9 atom stereocenters. The van der Waals surface area contributed by atoms with Crippen molar-refractivity contribution >= 4 is 0 Å². The fraction of sp³-hybridized carbons (Fsp3) is 0.684. The van der Waals surface area contributed by atoms with Gasteiger partial charge in [-0.1, -0.05) is 6.07 Å². The third kappa shape index (κ3) is 5.37. The molecule has 33 heavy (non-hydrogen) atoms. The molecule has 2 aliphatic rings. The molecule has 0 spiro atoms. The van der Waals surface area contributed by atoms with Crippen LogP contribution in [0.15, 0.2) is 18.2 Å². The highest BCUT2D eigenvalue weighted by Gasteiger charge is 2.51. The van der Waals surface area contributed by atoms with Crippen molar-refractivity contribution in [3.05, 3.63) is 23.8 Å². The van der Waals surface area contributed by atoms with E-state index in [2.05, 4.69) is 0 Å². The molecule has 1 aromatic carbocycles. The number of hydrogen-bond acceptors (Lipinski definition) is 14. The largest absolute Gasteiger partial charge is 0.493 e.